The van der Waals surface area contributed by atoms with Gasteiger partial charge in [0.15, 0.2) is 5.60 Å². The van der Waals surface area contributed by atoms with Crippen molar-refractivity contribution in [3.8, 4) is 0 Å². The first kappa shape index (κ1) is 17.9. The molecule has 27 heavy (non-hydrogen) atoms. The average Bonchev–Trinajstić information content (AvgIpc) is 3.06. The number of benzene rings is 1. The number of aromatic nitrogens is 2. The first-order chi connectivity index (χ1) is 13.0. The smallest absolute Gasteiger partial charge is 0.256 e. The summed E-state index contributed by atoms with van der Waals surface area (Å²) in [6.45, 7) is 6.87. The summed E-state index contributed by atoms with van der Waals surface area (Å²) in [7, 11) is 0. The van der Waals surface area contributed by atoms with Crippen LogP contribution in [0.1, 0.15) is 23.1 Å². The lowest BCUT2D eigenvalue weighted by molar-refractivity contribution is -0.168. The van der Waals surface area contributed by atoms with Gasteiger partial charge >= 0.3 is 0 Å². The Morgan fingerprint density at radius 2 is 1.89 bits per heavy atom. The molecule has 2 saturated heterocycles. The van der Waals surface area contributed by atoms with Gasteiger partial charge in [0.2, 0.25) is 0 Å². The van der Waals surface area contributed by atoms with Crippen molar-refractivity contribution in [2.75, 3.05) is 46.0 Å². The molecule has 144 valence electrons. The fourth-order valence-corrected chi connectivity index (χ4v) is 3.73. The Hall–Kier alpha value is -2.45. The van der Waals surface area contributed by atoms with E-state index in [1.54, 1.807) is 22.8 Å². The number of carbonyl (C=O) groups is 2. The van der Waals surface area contributed by atoms with Crippen molar-refractivity contribution in [2.24, 2.45) is 0 Å². The van der Waals surface area contributed by atoms with Crippen LogP contribution < -0.4 is 0 Å². The third-order valence-electron chi connectivity index (χ3n) is 5.16. The number of aromatic amines is 1. The summed E-state index contributed by atoms with van der Waals surface area (Å²) in [5.74, 6) is 0.626. The van der Waals surface area contributed by atoms with Crippen LogP contribution in [0.4, 0.5) is 0 Å². The van der Waals surface area contributed by atoms with Crippen LogP contribution in [0.5, 0.6) is 0 Å². The normalized spacial score (nSPS) is 23.6. The molecule has 2 amide bonds. The number of nitrogens with zero attached hydrogens (tertiary/aromatic N) is 3. The summed E-state index contributed by atoms with van der Waals surface area (Å²) in [6, 6.07) is 5.43. The van der Waals surface area contributed by atoms with Crippen LogP contribution in [-0.4, -0.2) is 83.2 Å². The van der Waals surface area contributed by atoms with Gasteiger partial charge in [0, 0.05) is 25.2 Å². The number of morpholine rings is 2. The molecule has 0 aliphatic carbocycles. The van der Waals surface area contributed by atoms with Crippen LogP contribution >= 0.6 is 0 Å². The number of carbonyl (C=O) groups excluding carboxylic acids is 2. The van der Waals surface area contributed by atoms with Crippen LogP contribution in [-0.2, 0) is 14.3 Å². The van der Waals surface area contributed by atoms with E-state index < -0.39 is 5.60 Å². The molecule has 1 aromatic carbocycles. The fourth-order valence-electron chi connectivity index (χ4n) is 3.73. The van der Waals surface area contributed by atoms with Crippen molar-refractivity contribution in [1.82, 2.24) is 19.8 Å². The number of nitrogens with one attached hydrogen (secondary N) is 1. The molecule has 4 rings (SSSR count). The van der Waals surface area contributed by atoms with Crippen LogP contribution in [0, 0.1) is 6.92 Å². The van der Waals surface area contributed by atoms with Crippen LogP contribution in [0.15, 0.2) is 18.2 Å². The van der Waals surface area contributed by atoms with Gasteiger partial charge in [0.05, 0.1) is 37.4 Å². The Kier molecular flexibility index (Phi) is 4.61. The Bertz CT molecular complexity index is 874. The molecule has 1 N–H and O–H groups in total. The first-order valence-corrected chi connectivity index (χ1v) is 9.23. The highest BCUT2D eigenvalue weighted by molar-refractivity contribution is 5.98. The largest absolute Gasteiger partial charge is 0.378 e. The number of imidazole rings is 1. The molecule has 1 unspecified atom stereocenters. The van der Waals surface area contributed by atoms with E-state index in [0.717, 1.165) is 16.9 Å². The zero-order chi connectivity index (χ0) is 19.0. The van der Waals surface area contributed by atoms with Gasteiger partial charge in [0.1, 0.15) is 5.82 Å². The lowest BCUT2D eigenvalue weighted by Gasteiger charge is -2.42. The van der Waals surface area contributed by atoms with E-state index in [2.05, 4.69) is 9.97 Å². The SMILES string of the molecule is Cc1nc2ccc(C(=O)N3CCOC(C)(C(=O)N4CCOCC4)C3)cc2[nH]1. The molecule has 0 bridgehead atoms. The first-order valence-electron chi connectivity index (χ1n) is 9.23. The van der Waals surface area contributed by atoms with Gasteiger partial charge in [-0.25, -0.2) is 4.98 Å². The minimum Gasteiger partial charge on any atom is -0.378 e. The number of fused-ring (bicyclic) bond motifs is 1. The molecule has 0 saturated carbocycles. The molecule has 0 spiro atoms. The maximum absolute atomic E-state index is 13.0. The standard InChI is InChI=1S/C19H24N4O4/c1-13-20-15-4-3-14(11-16(15)21-13)17(24)23-7-10-27-19(2,12-23)18(25)22-5-8-26-9-6-22/h3-4,11H,5-10,12H2,1-2H3,(H,20,21). The predicted molar refractivity (Wildman–Crippen MR) is 98.5 cm³/mol. The van der Waals surface area contributed by atoms with E-state index in [4.69, 9.17) is 9.47 Å². The molecule has 2 aromatic rings. The predicted octanol–water partition coefficient (Wildman–Crippen LogP) is 0.961. The number of ether oxygens (including phenoxy) is 2. The Morgan fingerprint density at radius 1 is 1.15 bits per heavy atom. The van der Waals surface area contributed by atoms with E-state index >= 15 is 0 Å². The van der Waals surface area contributed by atoms with Crippen LogP contribution in [0.2, 0.25) is 0 Å². The van der Waals surface area contributed by atoms with E-state index in [-0.39, 0.29) is 18.4 Å². The second kappa shape index (κ2) is 6.94. The van der Waals surface area contributed by atoms with Crippen LogP contribution in [0.3, 0.4) is 0 Å². The maximum Gasteiger partial charge on any atom is 0.256 e. The van der Waals surface area contributed by atoms with Gasteiger partial charge in [-0.1, -0.05) is 0 Å². The molecule has 2 aliphatic heterocycles. The molecular weight excluding hydrogens is 348 g/mol. The molecule has 3 heterocycles. The summed E-state index contributed by atoms with van der Waals surface area (Å²) in [5, 5.41) is 0. The van der Waals surface area contributed by atoms with E-state index in [1.165, 1.54) is 0 Å². The van der Waals surface area contributed by atoms with Crippen molar-refractivity contribution in [1.29, 1.82) is 0 Å². The number of amides is 2. The molecule has 8 heteroatoms. The van der Waals surface area contributed by atoms with Crippen molar-refractivity contribution in [3.05, 3.63) is 29.6 Å². The monoisotopic (exact) mass is 372 g/mol. The summed E-state index contributed by atoms with van der Waals surface area (Å²) in [6.07, 6.45) is 0. The highest BCUT2D eigenvalue weighted by atomic mass is 16.5. The van der Waals surface area contributed by atoms with Gasteiger partial charge < -0.3 is 24.3 Å². The molecule has 2 aliphatic rings. The topological polar surface area (TPSA) is 87.8 Å². The molecule has 2 fully saturated rings. The second-order valence-electron chi connectivity index (χ2n) is 7.26. The van der Waals surface area contributed by atoms with Crippen molar-refractivity contribution in [3.63, 3.8) is 0 Å². The highest BCUT2D eigenvalue weighted by Gasteiger charge is 2.43. The van der Waals surface area contributed by atoms with E-state index in [0.29, 0.717) is 45.0 Å². The molecule has 0 radical (unpaired) electrons. The van der Waals surface area contributed by atoms with Gasteiger partial charge in [0.25, 0.3) is 11.8 Å². The van der Waals surface area contributed by atoms with Crippen molar-refractivity contribution < 1.29 is 19.1 Å². The Labute approximate surface area is 157 Å². The number of rotatable bonds is 2. The van der Waals surface area contributed by atoms with Crippen molar-refractivity contribution >= 4 is 22.8 Å². The number of hydrogen-bond acceptors (Lipinski definition) is 5. The fraction of sp³-hybridized carbons (Fsp3) is 0.526. The Balaban J connectivity index is 1.52. The lowest BCUT2D eigenvalue weighted by atomic mass is 10.0. The molecule has 8 nitrogen and oxygen atoms in total. The molecule has 1 aromatic heterocycles. The van der Waals surface area contributed by atoms with Crippen LogP contribution in [0.25, 0.3) is 11.0 Å². The van der Waals surface area contributed by atoms with E-state index in [1.807, 2.05) is 19.1 Å². The van der Waals surface area contributed by atoms with Gasteiger partial charge in [-0.05, 0) is 32.0 Å². The molecular formula is C19H24N4O4. The average molecular weight is 372 g/mol. The summed E-state index contributed by atoms with van der Waals surface area (Å²) in [5.41, 5.74) is 1.21. The van der Waals surface area contributed by atoms with Gasteiger partial charge in [-0.2, -0.15) is 0 Å². The highest BCUT2D eigenvalue weighted by Crippen LogP contribution is 2.23. The summed E-state index contributed by atoms with van der Waals surface area (Å²) < 4.78 is 11.1. The third-order valence-corrected chi connectivity index (χ3v) is 5.16. The molecule has 1 atom stereocenters. The zero-order valence-electron chi connectivity index (χ0n) is 15.7. The Morgan fingerprint density at radius 3 is 2.67 bits per heavy atom. The quantitative estimate of drug-likeness (QED) is 0.848. The maximum atomic E-state index is 13.0. The lowest BCUT2D eigenvalue weighted by Crippen LogP contribution is -2.61. The van der Waals surface area contributed by atoms with Crippen molar-refractivity contribution in [2.45, 2.75) is 19.4 Å². The summed E-state index contributed by atoms with van der Waals surface area (Å²) in [4.78, 5) is 37.0. The number of hydrogen-bond donors (Lipinski definition) is 1. The number of H-pyrrole nitrogens is 1. The van der Waals surface area contributed by atoms with E-state index in [9.17, 15) is 9.59 Å². The minimum atomic E-state index is -1.03. The third kappa shape index (κ3) is 3.42. The van der Waals surface area contributed by atoms with Gasteiger partial charge in [-0.3, -0.25) is 9.59 Å². The second-order valence-corrected chi connectivity index (χ2v) is 7.26. The minimum absolute atomic E-state index is 0.0806. The number of aryl methyl sites for hydroxylation is 1. The zero-order valence-corrected chi connectivity index (χ0v) is 15.7. The summed E-state index contributed by atoms with van der Waals surface area (Å²) >= 11 is 0. The van der Waals surface area contributed by atoms with Gasteiger partial charge in [-0.15, -0.1) is 0 Å².